The van der Waals surface area contributed by atoms with E-state index in [0.717, 1.165) is 29.0 Å². The number of hydrogen-bond donors (Lipinski definition) is 2. The lowest BCUT2D eigenvalue weighted by atomic mass is 10.0. The van der Waals surface area contributed by atoms with Crippen LogP contribution in [0.4, 0.5) is 0 Å². The average Bonchev–Trinajstić information content (AvgIpc) is 2.98. The molecule has 1 aromatic heterocycles. The fraction of sp³-hybridized carbons (Fsp3) is 0.211. The Kier molecular flexibility index (Phi) is 5.80. The third-order valence-electron chi connectivity index (χ3n) is 3.43. The Balaban J connectivity index is 2.16. The van der Waals surface area contributed by atoms with Crippen molar-refractivity contribution in [2.75, 3.05) is 0 Å². The molecule has 4 nitrogen and oxygen atoms in total. The normalized spacial score (nSPS) is 11.4. The zero-order chi connectivity index (χ0) is 16.7. The Bertz CT molecular complexity index is 726. The van der Waals surface area contributed by atoms with E-state index in [2.05, 4.69) is 41.9 Å². The number of aromatic amines is 1. The molecule has 0 fully saturated rings. The van der Waals surface area contributed by atoms with Crippen molar-refractivity contribution in [3.8, 4) is 11.6 Å². The first-order valence-electron chi connectivity index (χ1n) is 7.68. The van der Waals surface area contributed by atoms with Gasteiger partial charge in [0.05, 0.1) is 5.69 Å². The largest absolute Gasteiger partial charge is 0.439 e. The van der Waals surface area contributed by atoms with Crippen molar-refractivity contribution in [1.82, 2.24) is 10.2 Å². The number of benzene rings is 1. The molecule has 0 bridgehead atoms. The van der Waals surface area contributed by atoms with Crippen LogP contribution < -0.4 is 10.5 Å². The molecule has 120 valence electrons. The first-order chi connectivity index (χ1) is 11.1. The molecule has 2 rings (SSSR count). The molecule has 1 aromatic carbocycles. The summed E-state index contributed by atoms with van der Waals surface area (Å²) in [4.78, 5) is 0. The van der Waals surface area contributed by atoms with Crippen molar-refractivity contribution < 1.29 is 4.74 Å². The van der Waals surface area contributed by atoms with Crippen molar-refractivity contribution in [3.63, 3.8) is 0 Å². The van der Waals surface area contributed by atoms with Gasteiger partial charge in [0.15, 0.2) is 0 Å². The second-order valence-corrected chi connectivity index (χ2v) is 5.31. The summed E-state index contributed by atoms with van der Waals surface area (Å²) in [7, 11) is 0. The lowest BCUT2D eigenvalue weighted by molar-refractivity contribution is 0.459. The Hall–Kier alpha value is -2.75. The SMILES string of the molecule is C=C(C)c1ccc(CC)cc1Oc1cc(C/C=C\C=C/N)n[nH]1. The molecule has 0 aliphatic carbocycles. The van der Waals surface area contributed by atoms with Crippen LogP contribution in [0.2, 0.25) is 0 Å². The summed E-state index contributed by atoms with van der Waals surface area (Å²) in [5, 5.41) is 7.17. The second-order valence-electron chi connectivity index (χ2n) is 5.31. The quantitative estimate of drug-likeness (QED) is 0.746. The fourth-order valence-electron chi connectivity index (χ4n) is 2.17. The smallest absolute Gasteiger partial charge is 0.215 e. The molecule has 0 amide bonds. The molecular weight excluding hydrogens is 286 g/mol. The first-order valence-corrected chi connectivity index (χ1v) is 7.68. The predicted octanol–water partition coefficient (Wildman–Crippen LogP) is 4.37. The molecule has 1 heterocycles. The van der Waals surface area contributed by atoms with Gasteiger partial charge in [0, 0.05) is 18.1 Å². The minimum absolute atomic E-state index is 0.624. The van der Waals surface area contributed by atoms with Crippen molar-refractivity contribution in [3.05, 3.63) is 72.1 Å². The minimum atomic E-state index is 0.624. The number of aryl methyl sites for hydroxylation is 1. The summed E-state index contributed by atoms with van der Waals surface area (Å²) in [6.45, 7) is 8.11. The molecule has 0 spiro atoms. The van der Waals surface area contributed by atoms with Crippen LogP contribution in [-0.4, -0.2) is 10.2 Å². The molecular formula is C19H23N3O. The van der Waals surface area contributed by atoms with E-state index >= 15 is 0 Å². The molecule has 0 aliphatic rings. The highest BCUT2D eigenvalue weighted by atomic mass is 16.5. The van der Waals surface area contributed by atoms with Crippen LogP contribution in [0.15, 0.2) is 55.3 Å². The van der Waals surface area contributed by atoms with Crippen molar-refractivity contribution in [2.45, 2.75) is 26.7 Å². The Morgan fingerprint density at radius 2 is 2.17 bits per heavy atom. The van der Waals surface area contributed by atoms with Gasteiger partial charge in [-0.15, -0.1) is 0 Å². The molecule has 0 saturated carbocycles. The maximum atomic E-state index is 5.98. The van der Waals surface area contributed by atoms with Crippen LogP contribution in [0, 0.1) is 0 Å². The number of aromatic nitrogens is 2. The third kappa shape index (κ3) is 4.61. The van der Waals surface area contributed by atoms with Crippen LogP contribution in [0.3, 0.4) is 0 Å². The summed E-state index contributed by atoms with van der Waals surface area (Å²) in [6, 6.07) is 8.11. The monoisotopic (exact) mass is 309 g/mol. The zero-order valence-corrected chi connectivity index (χ0v) is 13.7. The van der Waals surface area contributed by atoms with Gasteiger partial charge >= 0.3 is 0 Å². The van der Waals surface area contributed by atoms with Crippen molar-refractivity contribution >= 4 is 5.57 Å². The van der Waals surface area contributed by atoms with Gasteiger partial charge in [0.2, 0.25) is 5.88 Å². The summed E-state index contributed by atoms with van der Waals surface area (Å²) in [5.41, 5.74) is 9.39. The number of nitrogens with zero attached hydrogens (tertiary/aromatic N) is 1. The minimum Gasteiger partial charge on any atom is -0.439 e. The highest BCUT2D eigenvalue weighted by molar-refractivity contribution is 5.68. The fourth-order valence-corrected chi connectivity index (χ4v) is 2.17. The maximum Gasteiger partial charge on any atom is 0.215 e. The molecule has 23 heavy (non-hydrogen) atoms. The Labute approximate surface area is 137 Å². The van der Waals surface area contributed by atoms with Crippen molar-refractivity contribution in [2.24, 2.45) is 5.73 Å². The van der Waals surface area contributed by atoms with Gasteiger partial charge in [-0.25, -0.2) is 5.10 Å². The number of nitrogens with two attached hydrogens (primary N) is 1. The van der Waals surface area contributed by atoms with Gasteiger partial charge in [-0.2, -0.15) is 5.10 Å². The van der Waals surface area contributed by atoms with E-state index in [1.54, 1.807) is 6.08 Å². The van der Waals surface area contributed by atoms with Crippen LogP contribution >= 0.6 is 0 Å². The number of ether oxygens (including phenoxy) is 1. The topological polar surface area (TPSA) is 63.9 Å². The molecule has 3 N–H and O–H groups in total. The van der Waals surface area contributed by atoms with Gasteiger partial charge in [-0.3, -0.25) is 0 Å². The third-order valence-corrected chi connectivity index (χ3v) is 3.43. The standard InChI is InChI=1S/C19H23N3O/c1-4-15-9-10-17(14(2)3)18(12-15)23-19-13-16(21-22-19)8-6-5-7-11-20/h5-7,9-13H,2,4,8,20H2,1,3H3,(H,21,22)/b6-5-,11-7-. The Morgan fingerprint density at radius 3 is 2.87 bits per heavy atom. The van der Waals surface area contributed by atoms with E-state index in [1.807, 2.05) is 25.1 Å². The van der Waals surface area contributed by atoms with Gasteiger partial charge in [0.1, 0.15) is 5.75 Å². The second kappa shape index (κ2) is 8.03. The van der Waals surface area contributed by atoms with E-state index in [4.69, 9.17) is 10.5 Å². The molecule has 2 aromatic rings. The van der Waals surface area contributed by atoms with E-state index in [9.17, 15) is 0 Å². The van der Waals surface area contributed by atoms with E-state index in [-0.39, 0.29) is 0 Å². The van der Waals surface area contributed by atoms with Gasteiger partial charge in [-0.05, 0) is 42.8 Å². The summed E-state index contributed by atoms with van der Waals surface area (Å²) >= 11 is 0. The van der Waals surface area contributed by atoms with Crippen LogP contribution in [-0.2, 0) is 12.8 Å². The number of hydrogen-bond acceptors (Lipinski definition) is 3. The van der Waals surface area contributed by atoms with Crippen LogP contribution in [0.1, 0.15) is 30.7 Å². The van der Waals surface area contributed by atoms with Crippen LogP contribution in [0.5, 0.6) is 11.6 Å². The summed E-state index contributed by atoms with van der Waals surface area (Å²) in [5.74, 6) is 1.42. The maximum absolute atomic E-state index is 5.98. The van der Waals surface area contributed by atoms with Gasteiger partial charge < -0.3 is 10.5 Å². The lowest BCUT2D eigenvalue weighted by Gasteiger charge is -2.11. The molecule has 0 atom stereocenters. The highest BCUT2D eigenvalue weighted by Crippen LogP contribution is 2.30. The zero-order valence-electron chi connectivity index (χ0n) is 13.7. The molecule has 0 saturated heterocycles. The van der Waals surface area contributed by atoms with Gasteiger partial charge in [-0.1, -0.05) is 37.8 Å². The highest BCUT2D eigenvalue weighted by Gasteiger charge is 2.09. The number of H-pyrrole nitrogens is 1. The number of rotatable bonds is 7. The molecule has 0 unspecified atom stereocenters. The van der Waals surface area contributed by atoms with Crippen molar-refractivity contribution in [1.29, 1.82) is 0 Å². The molecule has 4 heteroatoms. The van der Waals surface area contributed by atoms with E-state index < -0.39 is 0 Å². The number of allylic oxidation sites excluding steroid dienone is 4. The lowest BCUT2D eigenvalue weighted by Crippen LogP contribution is -1.92. The van der Waals surface area contributed by atoms with Crippen LogP contribution in [0.25, 0.3) is 5.57 Å². The van der Waals surface area contributed by atoms with Gasteiger partial charge in [0.25, 0.3) is 0 Å². The predicted molar refractivity (Wildman–Crippen MR) is 95.4 cm³/mol. The summed E-state index contributed by atoms with van der Waals surface area (Å²) < 4.78 is 5.98. The first kappa shape index (κ1) is 16.6. The van der Waals surface area contributed by atoms with E-state index in [1.165, 1.54) is 11.8 Å². The molecule has 0 radical (unpaired) electrons. The Morgan fingerprint density at radius 1 is 1.35 bits per heavy atom. The van der Waals surface area contributed by atoms with E-state index in [0.29, 0.717) is 12.3 Å². The average molecular weight is 309 g/mol. The molecule has 0 aliphatic heterocycles. The summed E-state index contributed by atoms with van der Waals surface area (Å²) in [6.07, 6.45) is 8.82. The number of nitrogens with one attached hydrogen (secondary N) is 1.